The van der Waals surface area contributed by atoms with Crippen LogP contribution < -0.4 is 20.5 Å². The Kier molecular flexibility index (Phi) is 10.4. The molecule has 6 heteroatoms. The van der Waals surface area contributed by atoms with E-state index in [4.69, 9.17) is 19.9 Å². The highest BCUT2D eigenvalue weighted by Gasteiger charge is 2.09. The summed E-state index contributed by atoms with van der Waals surface area (Å²) in [6.45, 7) is 13.5. The Morgan fingerprint density at radius 2 is 1.81 bits per heavy atom. The molecule has 1 aromatic heterocycles. The van der Waals surface area contributed by atoms with Gasteiger partial charge in [-0.05, 0) is 48.7 Å². The Morgan fingerprint density at radius 3 is 2.49 bits per heavy atom. The number of nitrogen functional groups attached to an aromatic ring is 1. The van der Waals surface area contributed by atoms with Crippen molar-refractivity contribution in [1.82, 2.24) is 4.98 Å². The van der Waals surface area contributed by atoms with Crippen molar-refractivity contribution in [3.8, 4) is 11.5 Å². The van der Waals surface area contributed by atoms with Gasteiger partial charge in [-0.25, -0.2) is 4.98 Å². The number of nitrogens with zero attached hydrogens (tertiary/aromatic N) is 1. The summed E-state index contributed by atoms with van der Waals surface area (Å²) in [5.41, 5.74) is 10.5. The summed E-state index contributed by atoms with van der Waals surface area (Å²) in [5.74, 6) is 2.52. The zero-order valence-electron chi connectivity index (χ0n) is 21.6. The van der Waals surface area contributed by atoms with Crippen molar-refractivity contribution in [2.75, 3.05) is 24.3 Å². The normalized spacial score (nSPS) is 11.2. The fourth-order valence-electron chi connectivity index (χ4n) is 3.43. The summed E-state index contributed by atoms with van der Waals surface area (Å²) in [6.07, 6.45) is 9.38. The zero-order chi connectivity index (χ0) is 26.5. The van der Waals surface area contributed by atoms with E-state index in [9.17, 15) is 0 Å². The second-order valence-corrected chi connectivity index (χ2v) is 8.22. The van der Waals surface area contributed by atoms with Gasteiger partial charge in [0.15, 0.2) is 0 Å². The number of nitrogens with two attached hydrogens (primary N) is 1. The first-order chi connectivity index (χ1) is 18.0. The minimum absolute atomic E-state index is 0.391. The van der Waals surface area contributed by atoms with Crippen LogP contribution in [0.2, 0.25) is 0 Å². The molecule has 0 atom stereocenters. The first-order valence-electron chi connectivity index (χ1n) is 12.2. The lowest BCUT2D eigenvalue weighted by atomic mass is 10.2. The van der Waals surface area contributed by atoms with Gasteiger partial charge < -0.3 is 25.3 Å². The number of anilines is 2. The van der Waals surface area contributed by atoms with E-state index in [1.807, 2.05) is 80.6 Å². The quantitative estimate of drug-likeness (QED) is 0.186. The molecule has 0 unspecified atom stereocenters. The first-order valence-corrected chi connectivity index (χ1v) is 12.2. The minimum Gasteiger partial charge on any atom is -0.494 e. The standard InChI is InChI=1S/C31H35N3O3/c1-5-8-12-24(6-2)21-36-28-15-26(16-29(18-28)37-22-25-13-10-9-11-14-25)19-33-31-30(32)17-27(20-34-31)23(4)35-7-3/h5-6,8-18,20H,2,4,7,19,21-22,32H2,1,3H3,(H,33,34)/b8-5-,24-12+. The molecule has 0 saturated heterocycles. The molecule has 192 valence electrons. The topological polar surface area (TPSA) is 78.6 Å². The van der Waals surface area contributed by atoms with Gasteiger partial charge >= 0.3 is 0 Å². The van der Waals surface area contributed by atoms with Crippen LogP contribution in [-0.4, -0.2) is 18.2 Å². The number of allylic oxidation sites excluding steroid dienone is 3. The lowest BCUT2D eigenvalue weighted by molar-refractivity contribution is 0.299. The number of ether oxygens (including phenoxy) is 3. The predicted octanol–water partition coefficient (Wildman–Crippen LogP) is 6.93. The number of aromatic nitrogens is 1. The number of rotatable bonds is 14. The van der Waals surface area contributed by atoms with Gasteiger partial charge in [-0.3, -0.25) is 0 Å². The molecule has 0 aliphatic heterocycles. The van der Waals surface area contributed by atoms with Gasteiger partial charge in [-0.1, -0.05) is 67.8 Å². The zero-order valence-corrected chi connectivity index (χ0v) is 21.6. The highest BCUT2D eigenvalue weighted by molar-refractivity contribution is 5.68. The maximum Gasteiger partial charge on any atom is 0.149 e. The van der Waals surface area contributed by atoms with Gasteiger partial charge in [0.2, 0.25) is 0 Å². The van der Waals surface area contributed by atoms with Crippen molar-refractivity contribution >= 4 is 17.3 Å². The Morgan fingerprint density at radius 1 is 1.05 bits per heavy atom. The molecule has 3 rings (SSSR count). The van der Waals surface area contributed by atoms with E-state index in [2.05, 4.69) is 23.5 Å². The van der Waals surface area contributed by atoms with Gasteiger partial charge in [0.25, 0.3) is 0 Å². The van der Waals surface area contributed by atoms with Crippen LogP contribution in [0, 0.1) is 0 Å². The molecule has 0 aliphatic carbocycles. The molecular formula is C31H35N3O3. The molecule has 0 aliphatic rings. The van der Waals surface area contributed by atoms with E-state index in [0.29, 0.717) is 55.1 Å². The summed E-state index contributed by atoms with van der Waals surface area (Å²) < 4.78 is 17.6. The molecule has 0 fully saturated rings. The van der Waals surface area contributed by atoms with E-state index < -0.39 is 0 Å². The number of nitrogens with one attached hydrogen (secondary N) is 1. The highest BCUT2D eigenvalue weighted by Crippen LogP contribution is 2.27. The van der Waals surface area contributed by atoms with Gasteiger partial charge in [-0.15, -0.1) is 0 Å². The molecule has 6 nitrogen and oxygen atoms in total. The predicted molar refractivity (Wildman–Crippen MR) is 152 cm³/mol. The van der Waals surface area contributed by atoms with Crippen LogP contribution >= 0.6 is 0 Å². The van der Waals surface area contributed by atoms with E-state index in [-0.39, 0.29) is 0 Å². The Bertz CT molecular complexity index is 1250. The van der Waals surface area contributed by atoms with Crippen LogP contribution in [0.25, 0.3) is 5.76 Å². The van der Waals surface area contributed by atoms with E-state index in [1.54, 1.807) is 18.3 Å². The van der Waals surface area contributed by atoms with Crippen LogP contribution in [0.5, 0.6) is 11.5 Å². The molecule has 0 radical (unpaired) electrons. The van der Waals surface area contributed by atoms with E-state index in [0.717, 1.165) is 22.3 Å². The second-order valence-electron chi connectivity index (χ2n) is 8.22. The maximum atomic E-state index is 6.24. The van der Waals surface area contributed by atoms with Gasteiger partial charge in [0.05, 0.1) is 12.3 Å². The summed E-state index contributed by atoms with van der Waals surface area (Å²) in [7, 11) is 0. The molecule has 2 aromatic carbocycles. The lowest BCUT2D eigenvalue weighted by Gasteiger charge is -2.15. The Balaban J connectivity index is 1.76. The molecule has 0 amide bonds. The Labute approximate surface area is 219 Å². The number of pyridine rings is 1. The third-order valence-corrected chi connectivity index (χ3v) is 5.38. The number of hydrogen-bond acceptors (Lipinski definition) is 6. The van der Waals surface area contributed by atoms with Crippen molar-refractivity contribution in [2.45, 2.75) is 27.0 Å². The SMILES string of the molecule is C=C/C(=C\C=C/C)COc1cc(CNc2ncc(C(=C)OCC)cc2N)cc(OCc2ccccc2)c1. The summed E-state index contributed by atoms with van der Waals surface area (Å²) in [6, 6.07) is 17.7. The van der Waals surface area contributed by atoms with Crippen molar-refractivity contribution in [2.24, 2.45) is 0 Å². The van der Waals surface area contributed by atoms with Crippen LogP contribution in [0.15, 0.2) is 104 Å². The average molecular weight is 498 g/mol. The third kappa shape index (κ3) is 8.61. The molecule has 0 saturated carbocycles. The monoisotopic (exact) mass is 497 g/mol. The number of hydrogen-bond donors (Lipinski definition) is 2. The fourth-order valence-corrected chi connectivity index (χ4v) is 3.43. The van der Waals surface area contributed by atoms with Gasteiger partial charge in [-0.2, -0.15) is 0 Å². The molecule has 3 N–H and O–H groups in total. The highest BCUT2D eigenvalue weighted by atomic mass is 16.5. The van der Waals surface area contributed by atoms with Crippen molar-refractivity contribution in [3.63, 3.8) is 0 Å². The molecule has 0 spiro atoms. The van der Waals surface area contributed by atoms with Gasteiger partial charge in [0.1, 0.15) is 36.3 Å². The van der Waals surface area contributed by atoms with Crippen molar-refractivity contribution in [3.05, 3.63) is 121 Å². The molecule has 3 aromatic rings. The Hall–Kier alpha value is -4.45. The van der Waals surface area contributed by atoms with E-state index >= 15 is 0 Å². The van der Waals surface area contributed by atoms with Gasteiger partial charge in [0, 0.05) is 24.4 Å². The fraction of sp³-hybridized carbons (Fsp3) is 0.194. The molecule has 37 heavy (non-hydrogen) atoms. The summed E-state index contributed by atoms with van der Waals surface area (Å²) in [5, 5.41) is 3.31. The third-order valence-electron chi connectivity index (χ3n) is 5.38. The van der Waals surface area contributed by atoms with Crippen LogP contribution in [0.1, 0.15) is 30.5 Å². The molecular weight excluding hydrogens is 462 g/mol. The molecule has 1 heterocycles. The largest absolute Gasteiger partial charge is 0.494 e. The summed E-state index contributed by atoms with van der Waals surface area (Å²) >= 11 is 0. The van der Waals surface area contributed by atoms with Crippen molar-refractivity contribution in [1.29, 1.82) is 0 Å². The number of benzene rings is 2. The van der Waals surface area contributed by atoms with Crippen LogP contribution in [0.3, 0.4) is 0 Å². The van der Waals surface area contributed by atoms with Crippen LogP contribution in [0.4, 0.5) is 11.5 Å². The smallest absolute Gasteiger partial charge is 0.149 e. The summed E-state index contributed by atoms with van der Waals surface area (Å²) in [4.78, 5) is 4.45. The second kappa shape index (κ2) is 14.2. The average Bonchev–Trinajstić information content (AvgIpc) is 2.92. The lowest BCUT2D eigenvalue weighted by Crippen LogP contribution is -2.07. The maximum absolute atomic E-state index is 6.24. The van der Waals surface area contributed by atoms with Crippen molar-refractivity contribution < 1.29 is 14.2 Å². The minimum atomic E-state index is 0.391. The van der Waals surface area contributed by atoms with Crippen LogP contribution in [-0.2, 0) is 17.9 Å². The first kappa shape index (κ1) is 27.1. The molecule has 0 bridgehead atoms. The van der Waals surface area contributed by atoms with E-state index in [1.165, 1.54) is 0 Å².